The van der Waals surface area contributed by atoms with Gasteiger partial charge in [-0.15, -0.1) is 0 Å². The molecule has 0 saturated heterocycles. The van der Waals surface area contributed by atoms with Crippen LogP contribution >= 0.6 is 0 Å². The first-order valence-electron chi connectivity index (χ1n) is 8.04. The van der Waals surface area contributed by atoms with E-state index in [9.17, 15) is 9.59 Å². The molecule has 2 heterocycles. The number of ether oxygens (including phenoxy) is 1. The fraction of sp³-hybridized carbons (Fsp3) is 0.263. The summed E-state index contributed by atoms with van der Waals surface area (Å²) < 4.78 is 5.15. The standard InChI is InChI=1S/C19H17N3O3/c1-2-25-19(24)17-9-14-5-3-4-6-15(14)12-22(17)18(23)16-8-7-13(10-20)11-21-16/h3-8,11,17H,2,9,12H2,1H3. The molecule has 0 aliphatic carbocycles. The lowest BCUT2D eigenvalue weighted by molar-refractivity contribution is -0.149. The van der Waals surface area contributed by atoms with Crippen LogP contribution < -0.4 is 0 Å². The topological polar surface area (TPSA) is 83.3 Å². The Kier molecular flexibility index (Phi) is 4.75. The molecule has 0 bridgehead atoms. The van der Waals surface area contributed by atoms with E-state index < -0.39 is 12.0 Å². The van der Waals surface area contributed by atoms with Gasteiger partial charge < -0.3 is 9.64 Å². The third-order valence-electron chi connectivity index (χ3n) is 4.18. The number of aromatic nitrogens is 1. The number of nitrogens with zero attached hydrogens (tertiary/aromatic N) is 3. The monoisotopic (exact) mass is 335 g/mol. The zero-order chi connectivity index (χ0) is 17.8. The van der Waals surface area contributed by atoms with Gasteiger partial charge in [-0.05, 0) is 30.2 Å². The predicted octanol–water partition coefficient (Wildman–Crippen LogP) is 2.08. The third kappa shape index (κ3) is 3.36. The Balaban J connectivity index is 1.93. The predicted molar refractivity (Wildman–Crippen MR) is 89.4 cm³/mol. The molecule has 0 N–H and O–H groups in total. The lowest BCUT2D eigenvalue weighted by Crippen LogP contribution is -2.49. The van der Waals surface area contributed by atoms with Gasteiger partial charge in [0.05, 0.1) is 12.2 Å². The number of carbonyl (C=O) groups excluding carboxylic acids is 2. The number of benzene rings is 1. The number of rotatable bonds is 3. The Morgan fingerprint density at radius 3 is 2.68 bits per heavy atom. The van der Waals surface area contributed by atoms with Crippen molar-refractivity contribution in [3.63, 3.8) is 0 Å². The van der Waals surface area contributed by atoms with Gasteiger partial charge in [-0.3, -0.25) is 4.79 Å². The highest BCUT2D eigenvalue weighted by Gasteiger charge is 2.36. The highest BCUT2D eigenvalue weighted by atomic mass is 16.5. The van der Waals surface area contributed by atoms with Crippen LogP contribution in [0.3, 0.4) is 0 Å². The van der Waals surface area contributed by atoms with E-state index in [1.807, 2.05) is 30.3 Å². The number of amides is 1. The van der Waals surface area contributed by atoms with Crippen molar-refractivity contribution in [2.45, 2.75) is 25.9 Å². The summed E-state index contributed by atoms with van der Waals surface area (Å²) in [6.45, 7) is 2.32. The molecule has 1 unspecified atom stereocenters. The van der Waals surface area contributed by atoms with Crippen molar-refractivity contribution in [1.82, 2.24) is 9.88 Å². The molecule has 6 nitrogen and oxygen atoms in total. The van der Waals surface area contributed by atoms with Crippen molar-refractivity contribution in [3.05, 3.63) is 65.0 Å². The fourth-order valence-electron chi connectivity index (χ4n) is 2.92. The molecular weight excluding hydrogens is 318 g/mol. The molecule has 25 heavy (non-hydrogen) atoms. The average Bonchev–Trinajstić information content (AvgIpc) is 2.66. The number of esters is 1. The maximum Gasteiger partial charge on any atom is 0.329 e. The lowest BCUT2D eigenvalue weighted by Gasteiger charge is -2.35. The van der Waals surface area contributed by atoms with Crippen LogP contribution in [0.25, 0.3) is 0 Å². The molecular formula is C19H17N3O3. The van der Waals surface area contributed by atoms with E-state index in [0.717, 1.165) is 11.1 Å². The van der Waals surface area contributed by atoms with Crippen LogP contribution in [0.1, 0.15) is 34.1 Å². The van der Waals surface area contributed by atoms with Crippen LogP contribution in [-0.4, -0.2) is 34.4 Å². The van der Waals surface area contributed by atoms with E-state index in [2.05, 4.69) is 4.98 Å². The normalized spacial score (nSPS) is 15.8. The van der Waals surface area contributed by atoms with E-state index >= 15 is 0 Å². The molecule has 0 spiro atoms. The maximum absolute atomic E-state index is 12.9. The minimum atomic E-state index is -0.681. The van der Waals surface area contributed by atoms with Crippen LogP contribution in [0.5, 0.6) is 0 Å². The van der Waals surface area contributed by atoms with Gasteiger partial charge in [-0.2, -0.15) is 5.26 Å². The zero-order valence-electron chi connectivity index (χ0n) is 13.8. The Morgan fingerprint density at radius 1 is 1.28 bits per heavy atom. The minimum absolute atomic E-state index is 0.202. The lowest BCUT2D eigenvalue weighted by atomic mass is 9.93. The molecule has 3 rings (SSSR count). The largest absolute Gasteiger partial charge is 0.464 e. The zero-order valence-corrected chi connectivity index (χ0v) is 13.8. The molecule has 1 aliphatic rings. The Hall–Kier alpha value is -3.20. The number of carbonyl (C=O) groups is 2. The van der Waals surface area contributed by atoms with Crippen molar-refractivity contribution in [2.24, 2.45) is 0 Å². The molecule has 6 heteroatoms. The molecule has 1 aliphatic heterocycles. The summed E-state index contributed by atoms with van der Waals surface area (Å²) in [5, 5.41) is 8.85. The van der Waals surface area contributed by atoms with Gasteiger partial charge in [0.2, 0.25) is 0 Å². The van der Waals surface area contributed by atoms with Gasteiger partial charge in [0.1, 0.15) is 17.8 Å². The second-order valence-electron chi connectivity index (χ2n) is 5.72. The van der Waals surface area contributed by atoms with Gasteiger partial charge >= 0.3 is 5.97 Å². The number of nitriles is 1. The summed E-state index contributed by atoms with van der Waals surface area (Å²) in [5.41, 5.74) is 2.62. The summed E-state index contributed by atoms with van der Waals surface area (Å²) in [5.74, 6) is -0.768. The van der Waals surface area contributed by atoms with Crippen LogP contribution in [0.2, 0.25) is 0 Å². The first kappa shape index (κ1) is 16.7. The molecule has 1 amide bonds. The summed E-state index contributed by atoms with van der Waals surface area (Å²) >= 11 is 0. The summed E-state index contributed by atoms with van der Waals surface area (Å²) in [4.78, 5) is 30.8. The molecule has 0 saturated carbocycles. The van der Waals surface area contributed by atoms with E-state index in [0.29, 0.717) is 18.5 Å². The van der Waals surface area contributed by atoms with Crippen molar-refractivity contribution >= 4 is 11.9 Å². The van der Waals surface area contributed by atoms with Crippen molar-refractivity contribution in [3.8, 4) is 6.07 Å². The number of pyridine rings is 1. The number of hydrogen-bond acceptors (Lipinski definition) is 5. The number of fused-ring (bicyclic) bond motifs is 1. The van der Waals surface area contributed by atoms with E-state index in [1.54, 1.807) is 6.92 Å². The first-order chi connectivity index (χ1) is 12.1. The Bertz CT molecular complexity index is 840. The van der Waals surface area contributed by atoms with Crippen molar-refractivity contribution in [2.75, 3.05) is 6.61 Å². The van der Waals surface area contributed by atoms with Crippen LogP contribution in [-0.2, 0) is 22.5 Å². The molecule has 0 fully saturated rings. The quantitative estimate of drug-likeness (QED) is 0.802. The highest BCUT2D eigenvalue weighted by molar-refractivity contribution is 5.95. The molecule has 1 atom stereocenters. The van der Waals surface area contributed by atoms with Gasteiger partial charge in [0, 0.05) is 19.2 Å². The second-order valence-corrected chi connectivity index (χ2v) is 5.72. The van der Waals surface area contributed by atoms with Gasteiger partial charge in [0.15, 0.2) is 0 Å². The van der Waals surface area contributed by atoms with Crippen molar-refractivity contribution in [1.29, 1.82) is 5.26 Å². The highest BCUT2D eigenvalue weighted by Crippen LogP contribution is 2.25. The Labute approximate surface area is 145 Å². The van der Waals surface area contributed by atoms with Gasteiger partial charge in [-0.1, -0.05) is 24.3 Å². The van der Waals surface area contributed by atoms with Crippen LogP contribution in [0.15, 0.2) is 42.6 Å². The van der Waals surface area contributed by atoms with Crippen molar-refractivity contribution < 1.29 is 14.3 Å². The second kappa shape index (κ2) is 7.14. The van der Waals surface area contributed by atoms with Gasteiger partial charge in [0.25, 0.3) is 5.91 Å². The maximum atomic E-state index is 12.9. The van der Waals surface area contributed by atoms with Gasteiger partial charge in [-0.25, -0.2) is 9.78 Å². The SMILES string of the molecule is CCOC(=O)C1Cc2ccccc2CN1C(=O)c1ccc(C#N)cn1. The average molecular weight is 335 g/mol. The molecule has 2 aromatic rings. The number of hydrogen-bond donors (Lipinski definition) is 0. The van der Waals surface area contributed by atoms with E-state index in [1.165, 1.54) is 23.2 Å². The summed E-state index contributed by atoms with van der Waals surface area (Å²) in [7, 11) is 0. The molecule has 0 radical (unpaired) electrons. The fourth-order valence-corrected chi connectivity index (χ4v) is 2.92. The molecule has 1 aromatic carbocycles. The van der Waals surface area contributed by atoms with Crippen LogP contribution in [0, 0.1) is 11.3 Å². The van der Waals surface area contributed by atoms with Crippen LogP contribution in [0.4, 0.5) is 0 Å². The third-order valence-corrected chi connectivity index (χ3v) is 4.18. The molecule has 1 aromatic heterocycles. The molecule has 126 valence electrons. The summed E-state index contributed by atoms with van der Waals surface area (Å²) in [6, 6.07) is 12.1. The van der Waals surface area contributed by atoms with E-state index in [-0.39, 0.29) is 18.2 Å². The first-order valence-corrected chi connectivity index (χ1v) is 8.04. The minimum Gasteiger partial charge on any atom is -0.464 e. The van der Waals surface area contributed by atoms with E-state index in [4.69, 9.17) is 10.00 Å². The smallest absolute Gasteiger partial charge is 0.329 e. The summed E-state index contributed by atoms with van der Waals surface area (Å²) in [6.07, 6.45) is 1.77. The Morgan fingerprint density at radius 2 is 2.04 bits per heavy atom.